The van der Waals surface area contributed by atoms with Crippen LogP contribution in [0.5, 0.6) is 5.75 Å². The maximum Gasteiger partial charge on any atom is 0.326 e. The molecule has 25 heteroatoms. The lowest BCUT2D eigenvalue weighted by Gasteiger charge is -2.26. The van der Waals surface area contributed by atoms with Gasteiger partial charge in [0, 0.05) is 36.4 Å². The van der Waals surface area contributed by atoms with E-state index in [4.69, 9.17) is 10.8 Å². The highest BCUT2D eigenvalue weighted by molar-refractivity contribution is 7.98. The van der Waals surface area contributed by atoms with Gasteiger partial charge in [0.1, 0.15) is 42.0 Å². The number of aromatic hydroxyl groups is 1. The van der Waals surface area contributed by atoms with Crippen molar-refractivity contribution >= 4 is 93.7 Å². The Balaban J connectivity index is 1.53. The first-order chi connectivity index (χ1) is 35.3. The number of rotatable bonds is 31. The summed E-state index contributed by atoms with van der Waals surface area (Å²) in [5.41, 5.74) is 8.09. The van der Waals surface area contributed by atoms with Crippen LogP contribution in [0, 0.1) is 0 Å². The predicted octanol–water partition coefficient (Wildman–Crippen LogP) is -0.206. The summed E-state index contributed by atoms with van der Waals surface area (Å²) < 4.78 is 0. The van der Waals surface area contributed by atoms with Crippen LogP contribution in [0.15, 0.2) is 85.1 Å². The molecule has 0 saturated carbocycles. The molecule has 4 aromatic rings. The highest BCUT2D eigenvalue weighted by Gasteiger charge is 2.34. The van der Waals surface area contributed by atoms with Gasteiger partial charge in [0.2, 0.25) is 41.4 Å². The van der Waals surface area contributed by atoms with Crippen molar-refractivity contribution in [3.05, 3.63) is 102 Å². The van der Waals surface area contributed by atoms with Crippen LogP contribution in [0.3, 0.4) is 0 Å². The Morgan fingerprint density at radius 3 is 1.62 bits per heavy atom. The number of H-pyrrole nitrogens is 1. The molecule has 0 aliphatic carbocycles. The lowest BCUT2D eigenvalue weighted by molar-refractivity contribution is -0.143. The first-order valence-corrected chi connectivity index (χ1v) is 25.9. The maximum absolute atomic E-state index is 14.3. The largest absolute Gasteiger partial charge is 0.508 e. The summed E-state index contributed by atoms with van der Waals surface area (Å²) in [6.45, 7) is -0.718. The van der Waals surface area contributed by atoms with E-state index in [0.717, 1.165) is 0 Å². The van der Waals surface area contributed by atoms with E-state index in [1.165, 1.54) is 47.8 Å². The fraction of sp³-hybridized carbons (Fsp3) is 0.388. The van der Waals surface area contributed by atoms with E-state index in [0.29, 0.717) is 33.3 Å². The number of aromatic nitrogens is 1. The standard InChI is InChI=1S/C49H61N9O14S2/c1-73-18-16-34(54-46(68)36(20-28-12-14-30(59)15-13-28)56-43(65)32(50)23-41(61)62)44(66)52-26-40(60)53-37(22-29-25-51-33-11-7-6-10-31(29)33)47(69)55-35(17-19-74-2)45(67)57-38(24-42(63)64)48(70)58-39(49(71)72)21-27-8-4-3-5-9-27/h3-15,25,32,34-39,51,59H,16-24,26,50H2,1-2H3,(H,52,66)(H,53,60)(H,54,68)(H,55,69)(H,56,65)(H,57,67)(H,58,70)(H,61,62)(H,63,64)(H,71,72)/t32-,34-,35-,36-,37-,38-,39-/m0/s1. The highest BCUT2D eigenvalue weighted by Crippen LogP contribution is 2.20. The molecule has 3 aromatic carbocycles. The van der Waals surface area contributed by atoms with Crippen LogP contribution >= 0.6 is 23.5 Å². The fourth-order valence-corrected chi connectivity index (χ4v) is 8.38. The van der Waals surface area contributed by atoms with Crippen molar-refractivity contribution in [2.75, 3.05) is 30.6 Å². The summed E-state index contributed by atoms with van der Waals surface area (Å²) in [7, 11) is 0. The zero-order valence-corrected chi connectivity index (χ0v) is 42.1. The Morgan fingerprint density at radius 1 is 0.541 bits per heavy atom. The van der Waals surface area contributed by atoms with E-state index in [1.54, 1.807) is 73.3 Å². The fourth-order valence-electron chi connectivity index (χ4n) is 7.43. The number of phenols is 1. The lowest BCUT2D eigenvalue weighted by atomic mass is 10.0. The number of fused-ring (bicyclic) bond motifs is 1. The summed E-state index contributed by atoms with van der Waals surface area (Å²) in [6.07, 6.45) is 3.01. The summed E-state index contributed by atoms with van der Waals surface area (Å²) in [5, 5.41) is 56.6. The molecular weight excluding hydrogens is 1000 g/mol. The van der Waals surface area contributed by atoms with Crippen LogP contribution in [-0.4, -0.2) is 158 Å². The number of phenolic OH excluding ortho intramolecular Hbond substituents is 1. The minimum absolute atomic E-state index is 0.0342. The predicted molar refractivity (Wildman–Crippen MR) is 275 cm³/mol. The number of nitrogens with one attached hydrogen (secondary N) is 8. The van der Waals surface area contributed by atoms with Crippen molar-refractivity contribution in [1.29, 1.82) is 0 Å². The molecule has 1 aromatic heterocycles. The summed E-state index contributed by atoms with van der Waals surface area (Å²) in [4.78, 5) is 134. The normalized spacial score (nSPS) is 13.8. The van der Waals surface area contributed by atoms with Crippen molar-refractivity contribution in [3.63, 3.8) is 0 Å². The molecule has 0 bridgehead atoms. The molecule has 398 valence electrons. The van der Waals surface area contributed by atoms with Crippen molar-refractivity contribution in [2.24, 2.45) is 5.73 Å². The molecule has 0 radical (unpaired) electrons. The number of aromatic amines is 1. The van der Waals surface area contributed by atoms with Crippen LogP contribution in [0.25, 0.3) is 10.9 Å². The van der Waals surface area contributed by atoms with Crippen LogP contribution in [0.2, 0.25) is 0 Å². The number of carboxylic acid groups (broad SMARTS) is 3. The molecule has 0 aliphatic heterocycles. The number of hydrogen-bond acceptors (Lipinski definition) is 14. The van der Waals surface area contributed by atoms with E-state index in [2.05, 4.69) is 42.2 Å². The second kappa shape index (κ2) is 29.8. The Hall–Kier alpha value is -7.64. The third kappa shape index (κ3) is 19.4. The molecule has 0 unspecified atom stereocenters. The average Bonchev–Trinajstić information content (AvgIpc) is 3.77. The van der Waals surface area contributed by atoms with Crippen molar-refractivity contribution in [3.8, 4) is 5.75 Å². The zero-order chi connectivity index (χ0) is 54.3. The van der Waals surface area contributed by atoms with Crippen molar-refractivity contribution in [1.82, 2.24) is 42.2 Å². The SMILES string of the molecule is CSCC[C@H](NC(=O)[C@H](Cc1ccc(O)cc1)NC(=O)[C@@H](N)CC(=O)O)C(=O)NCC(=O)N[C@@H](Cc1c[nH]c2ccccc12)C(=O)N[C@@H](CCSC)C(=O)N[C@@H](CC(=O)O)C(=O)N[C@@H](Cc1ccccc1)C(=O)O. The second-order valence-corrected chi connectivity index (χ2v) is 18.9. The van der Waals surface area contributed by atoms with Crippen LogP contribution < -0.4 is 43.0 Å². The van der Waals surface area contributed by atoms with Gasteiger partial charge in [-0.15, -0.1) is 0 Å². The minimum atomic E-state index is -1.77. The van der Waals surface area contributed by atoms with E-state index >= 15 is 0 Å². The Labute approximate surface area is 433 Å². The third-order valence-electron chi connectivity index (χ3n) is 11.3. The van der Waals surface area contributed by atoms with Gasteiger partial charge in [-0.2, -0.15) is 23.5 Å². The topological polar surface area (TPSA) is 378 Å². The first-order valence-electron chi connectivity index (χ1n) is 23.1. The van der Waals surface area contributed by atoms with E-state index in [-0.39, 0.29) is 43.6 Å². The molecule has 0 fully saturated rings. The first kappa shape index (κ1) is 58.9. The molecule has 0 spiro atoms. The summed E-state index contributed by atoms with van der Waals surface area (Å²) >= 11 is 2.66. The van der Waals surface area contributed by atoms with Gasteiger partial charge in [-0.1, -0.05) is 60.7 Å². The summed E-state index contributed by atoms with van der Waals surface area (Å²) in [6, 6.07) is 10.9. The quantitative estimate of drug-likeness (QED) is 0.0310. The Bertz CT molecular complexity index is 2600. The van der Waals surface area contributed by atoms with Gasteiger partial charge in [0.05, 0.1) is 25.4 Å². The van der Waals surface area contributed by atoms with Gasteiger partial charge in [0.25, 0.3) is 0 Å². The molecule has 7 amide bonds. The van der Waals surface area contributed by atoms with Crippen LogP contribution in [0.1, 0.15) is 42.4 Å². The number of carbonyl (C=O) groups excluding carboxylic acids is 7. The number of hydrogen-bond donors (Lipinski definition) is 13. The second-order valence-electron chi connectivity index (χ2n) is 17.0. The van der Waals surface area contributed by atoms with Gasteiger partial charge in [-0.3, -0.25) is 43.2 Å². The number of aliphatic carboxylic acids is 3. The maximum atomic E-state index is 14.3. The van der Waals surface area contributed by atoms with Crippen molar-refractivity contribution in [2.45, 2.75) is 87.2 Å². The third-order valence-corrected chi connectivity index (χ3v) is 12.6. The number of amides is 7. The Kier molecular flexibility index (Phi) is 23.7. The minimum Gasteiger partial charge on any atom is -0.508 e. The Morgan fingerprint density at radius 2 is 1.03 bits per heavy atom. The number of para-hydroxylation sites is 1. The molecular formula is C49H61N9O14S2. The van der Waals surface area contributed by atoms with Gasteiger partial charge in [-0.05, 0) is 71.7 Å². The van der Waals surface area contributed by atoms with E-state index < -0.39 is 121 Å². The highest BCUT2D eigenvalue weighted by atomic mass is 32.2. The number of carbonyl (C=O) groups is 10. The van der Waals surface area contributed by atoms with Crippen molar-refractivity contribution < 1.29 is 68.4 Å². The number of thioether (sulfide) groups is 2. The summed E-state index contributed by atoms with van der Waals surface area (Å²) in [5.74, 6) is -10.1. The molecule has 0 aliphatic rings. The molecule has 7 atom stereocenters. The number of carboxylic acids is 3. The molecule has 4 rings (SSSR count). The number of benzene rings is 3. The average molecular weight is 1060 g/mol. The molecule has 1 heterocycles. The van der Waals surface area contributed by atoms with Gasteiger partial charge in [-0.25, -0.2) is 4.79 Å². The zero-order valence-electron chi connectivity index (χ0n) is 40.5. The molecule has 0 saturated heterocycles. The van der Waals surface area contributed by atoms with Gasteiger partial charge in [0.15, 0.2) is 0 Å². The van der Waals surface area contributed by atoms with Gasteiger partial charge < -0.3 is 68.4 Å². The van der Waals surface area contributed by atoms with Gasteiger partial charge >= 0.3 is 17.9 Å². The number of nitrogens with two attached hydrogens (primary N) is 1. The molecule has 14 N–H and O–H groups in total. The van der Waals surface area contributed by atoms with Crippen LogP contribution in [-0.2, 0) is 67.2 Å². The van der Waals surface area contributed by atoms with E-state index in [1.807, 2.05) is 0 Å². The lowest BCUT2D eigenvalue weighted by Crippen LogP contribution is -2.59. The van der Waals surface area contributed by atoms with Crippen LogP contribution in [0.4, 0.5) is 0 Å². The molecule has 74 heavy (non-hydrogen) atoms. The van der Waals surface area contributed by atoms with E-state index in [9.17, 15) is 63.3 Å². The molecule has 23 nitrogen and oxygen atoms in total. The smallest absolute Gasteiger partial charge is 0.326 e. The monoisotopic (exact) mass is 1060 g/mol.